The average molecular weight is 293 g/mol. The molecule has 2 aliphatic rings. The molecule has 3 rings (SSSR count). The number of aromatic hydroxyl groups is 1. The molecule has 21 heavy (non-hydrogen) atoms. The van der Waals surface area contributed by atoms with E-state index >= 15 is 0 Å². The molecule has 1 heterocycles. The highest BCUT2D eigenvalue weighted by atomic mass is 16.9. The summed E-state index contributed by atoms with van der Waals surface area (Å²) in [6, 6.07) is 4.74. The van der Waals surface area contributed by atoms with Gasteiger partial charge in [-0.15, -0.1) is 0 Å². The lowest BCUT2D eigenvalue weighted by atomic mass is 9.77. The molecule has 114 valence electrons. The van der Waals surface area contributed by atoms with Crippen LogP contribution in [0, 0.1) is 16.0 Å². The van der Waals surface area contributed by atoms with E-state index < -0.39 is 4.92 Å². The Hall–Kier alpha value is -1.66. The maximum Gasteiger partial charge on any atom is 0.310 e. The summed E-state index contributed by atoms with van der Waals surface area (Å²) in [6.07, 6.45) is 3.49. The van der Waals surface area contributed by atoms with Crippen molar-refractivity contribution in [2.75, 3.05) is 0 Å². The quantitative estimate of drug-likeness (QED) is 0.683. The second-order valence-corrected chi connectivity index (χ2v) is 5.80. The number of nitro groups is 1. The topological polar surface area (TPSA) is 81.8 Å². The van der Waals surface area contributed by atoms with Crippen molar-refractivity contribution in [3.8, 4) is 5.75 Å². The molecule has 0 radical (unpaired) electrons. The first-order valence-corrected chi connectivity index (χ1v) is 7.33. The summed E-state index contributed by atoms with van der Waals surface area (Å²) >= 11 is 0. The molecule has 1 aromatic carbocycles. The second-order valence-electron chi connectivity index (χ2n) is 5.80. The minimum atomic E-state index is -0.543. The molecule has 1 saturated heterocycles. The van der Waals surface area contributed by atoms with E-state index in [1.165, 1.54) is 6.07 Å². The fourth-order valence-electron chi connectivity index (χ4n) is 3.39. The van der Waals surface area contributed by atoms with Crippen LogP contribution in [-0.4, -0.2) is 22.6 Å². The van der Waals surface area contributed by atoms with Crippen molar-refractivity contribution in [1.82, 2.24) is 0 Å². The Kier molecular flexibility index (Phi) is 3.82. The van der Waals surface area contributed by atoms with Crippen molar-refractivity contribution in [2.45, 2.75) is 51.1 Å². The third-order valence-corrected chi connectivity index (χ3v) is 4.43. The standard InChI is InChI=1S/C15H19NO5/c1-9-20-15(21-9)11-5-2-4-10(8-11)12-6-3-7-13(14(12)17)16(18)19/h3,6-7,9-11,15,17H,2,4-5,8H2,1H3. The van der Waals surface area contributed by atoms with Crippen molar-refractivity contribution in [3.63, 3.8) is 0 Å². The molecule has 0 bridgehead atoms. The van der Waals surface area contributed by atoms with Crippen molar-refractivity contribution < 1.29 is 19.5 Å². The van der Waals surface area contributed by atoms with Gasteiger partial charge in [-0.1, -0.05) is 18.6 Å². The minimum Gasteiger partial charge on any atom is -0.502 e. The van der Waals surface area contributed by atoms with Gasteiger partial charge in [0, 0.05) is 17.5 Å². The van der Waals surface area contributed by atoms with Crippen LogP contribution in [0.15, 0.2) is 18.2 Å². The van der Waals surface area contributed by atoms with Crippen molar-refractivity contribution >= 4 is 5.69 Å². The predicted octanol–water partition coefficient (Wildman–Crippen LogP) is 3.29. The number of benzene rings is 1. The molecule has 1 aromatic rings. The van der Waals surface area contributed by atoms with Crippen LogP contribution < -0.4 is 0 Å². The summed E-state index contributed by atoms with van der Waals surface area (Å²) in [6.45, 7) is 1.86. The smallest absolute Gasteiger partial charge is 0.310 e. The van der Waals surface area contributed by atoms with Gasteiger partial charge in [0.15, 0.2) is 18.3 Å². The SMILES string of the molecule is CC1OC(C2CCCC(c3cccc([N+](=O)[O-])c3O)C2)O1. The van der Waals surface area contributed by atoms with Gasteiger partial charge in [-0.2, -0.15) is 0 Å². The maximum atomic E-state index is 10.9. The number of rotatable bonds is 3. The van der Waals surface area contributed by atoms with E-state index in [2.05, 4.69) is 0 Å². The largest absolute Gasteiger partial charge is 0.502 e. The molecule has 1 N–H and O–H groups in total. The molecular weight excluding hydrogens is 274 g/mol. The Labute approximate surface area is 122 Å². The van der Waals surface area contributed by atoms with Gasteiger partial charge < -0.3 is 14.6 Å². The zero-order valence-electron chi connectivity index (χ0n) is 11.9. The monoisotopic (exact) mass is 293 g/mol. The average Bonchev–Trinajstić information content (AvgIpc) is 2.44. The number of nitrogens with zero attached hydrogens (tertiary/aromatic N) is 1. The summed E-state index contributed by atoms with van der Waals surface area (Å²) in [5, 5.41) is 21.1. The van der Waals surface area contributed by atoms with Crippen LogP contribution in [0.3, 0.4) is 0 Å². The first-order valence-electron chi connectivity index (χ1n) is 7.33. The fourth-order valence-corrected chi connectivity index (χ4v) is 3.39. The molecule has 1 aliphatic carbocycles. The Balaban J connectivity index is 1.77. The molecule has 2 fully saturated rings. The van der Waals surface area contributed by atoms with Crippen LogP contribution in [0.4, 0.5) is 5.69 Å². The third kappa shape index (κ3) is 2.73. The first-order chi connectivity index (χ1) is 10.1. The number of phenolic OH excluding ortho intramolecular Hbond substituents is 1. The lowest BCUT2D eigenvalue weighted by molar-refractivity contribution is -0.394. The minimum absolute atomic E-state index is 0.117. The zero-order chi connectivity index (χ0) is 15.0. The Bertz CT molecular complexity index is 541. The second kappa shape index (κ2) is 5.61. The van der Waals surface area contributed by atoms with Gasteiger partial charge in [0.25, 0.3) is 0 Å². The molecule has 2 atom stereocenters. The lowest BCUT2D eigenvalue weighted by Gasteiger charge is -2.42. The van der Waals surface area contributed by atoms with E-state index in [0.717, 1.165) is 25.7 Å². The normalized spacial score (nSPS) is 32.4. The lowest BCUT2D eigenvalue weighted by Crippen LogP contribution is -2.45. The van der Waals surface area contributed by atoms with E-state index in [4.69, 9.17) is 9.47 Å². The van der Waals surface area contributed by atoms with E-state index in [9.17, 15) is 15.2 Å². The molecule has 0 amide bonds. The maximum absolute atomic E-state index is 10.9. The predicted molar refractivity (Wildman–Crippen MR) is 74.9 cm³/mol. The van der Waals surface area contributed by atoms with Gasteiger partial charge in [0.1, 0.15) is 0 Å². The van der Waals surface area contributed by atoms with E-state index in [-0.39, 0.29) is 29.9 Å². The van der Waals surface area contributed by atoms with Crippen LogP contribution in [0.1, 0.15) is 44.1 Å². The Morgan fingerprint density at radius 1 is 1.33 bits per heavy atom. The summed E-state index contributed by atoms with van der Waals surface area (Å²) < 4.78 is 11.1. The molecular formula is C15H19NO5. The van der Waals surface area contributed by atoms with Gasteiger partial charge in [0.05, 0.1) is 4.92 Å². The third-order valence-electron chi connectivity index (χ3n) is 4.43. The van der Waals surface area contributed by atoms with Gasteiger partial charge in [-0.25, -0.2) is 0 Å². The molecule has 6 nitrogen and oxygen atoms in total. The number of hydrogen-bond donors (Lipinski definition) is 1. The van der Waals surface area contributed by atoms with Crippen molar-refractivity contribution in [3.05, 3.63) is 33.9 Å². The molecule has 1 saturated carbocycles. The van der Waals surface area contributed by atoms with Crippen molar-refractivity contribution in [2.24, 2.45) is 5.92 Å². The number of phenols is 1. The van der Waals surface area contributed by atoms with Gasteiger partial charge >= 0.3 is 5.69 Å². The fraction of sp³-hybridized carbons (Fsp3) is 0.600. The van der Waals surface area contributed by atoms with Gasteiger partial charge in [-0.3, -0.25) is 10.1 Å². The van der Waals surface area contributed by atoms with E-state index in [1.807, 2.05) is 6.92 Å². The van der Waals surface area contributed by atoms with E-state index in [0.29, 0.717) is 11.5 Å². The van der Waals surface area contributed by atoms with E-state index in [1.54, 1.807) is 12.1 Å². The van der Waals surface area contributed by atoms with Gasteiger partial charge in [0.2, 0.25) is 0 Å². The molecule has 6 heteroatoms. The molecule has 0 spiro atoms. The molecule has 0 aromatic heterocycles. The van der Waals surface area contributed by atoms with Crippen LogP contribution in [0.2, 0.25) is 0 Å². The highest BCUT2D eigenvalue weighted by molar-refractivity contribution is 5.52. The number of ether oxygens (including phenoxy) is 2. The Morgan fingerprint density at radius 3 is 2.76 bits per heavy atom. The highest BCUT2D eigenvalue weighted by Gasteiger charge is 2.38. The molecule has 2 unspecified atom stereocenters. The van der Waals surface area contributed by atoms with Gasteiger partial charge in [-0.05, 0) is 32.1 Å². The van der Waals surface area contributed by atoms with Crippen LogP contribution in [-0.2, 0) is 9.47 Å². The highest BCUT2D eigenvalue weighted by Crippen LogP contribution is 2.45. The summed E-state index contributed by atoms with van der Waals surface area (Å²) in [5.74, 6) is 0.210. The first kappa shape index (κ1) is 14.3. The van der Waals surface area contributed by atoms with Crippen molar-refractivity contribution in [1.29, 1.82) is 0 Å². The van der Waals surface area contributed by atoms with Crippen LogP contribution in [0.5, 0.6) is 5.75 Å². The summed E-state index contributed by atoms with van der Waals surface area (Å²) in [7, 11) is 0. The number of para-hydroxylation sites is 1. The summed E-state index contributed by atoms with van der Waals surface area (Å²) in [4.78, 5) is 10.4. The summed E-state index contributed by atoms with van der Waals surface area (Å²) in [5.41, 5.74) is 0.445. The number of hydrogen-bond acceptors (Lipinski definition) is 5. The number of nitro benzene ring substituents is 1. The van der Waals surface area contributed by atoms with Crippen LogP contribution >= 0.6 is 0 Å². The zero-order valence-corrected chi connectivity index (χ0v) is 11.9. The molecule has 1 aliphatic heterocycles. The van der Waals surface area contributed by atoms with Crippen LogP contribution in [0.25, 0.3) is 0 Å². The Morgan fingerprint density at radius 2 is 2.10 bits per heavy atom.